The first-order chi connectivity index (χ1) is 8.65. The molecule has 0 bridgehead atoms. The lowest BCUT2D eigenvalue weighted by molar-refractivity contribution is -0.0237. The van der Waals surface area contributed by atoms with Gasteiger partial charge in [-0.05, 0) is 63.3 Å². The number of hydrogen-bond donors (Lipinski definition) is 1. The quantitative estimate of drug-likeness (QED) is 0.825. The molecule has 0 spiro atoms. The van der Waals surface area contributed by atoms with E-state index >= 15 is 0 Å². The number of rotatable bonds is 4. The largest absolute Gasteiger partial charge is 0.314 e. The third-order valence-electron chi connectivity index (χ3n) is 5.69. The number of likely N-dealkylation sites (tertiary alicyclic amines) is 1. The highest BCUT2D eigenvalue weighted by atomic mass is 15.2. The Morgan fingerprint density at radius 2 is 1.83 bits per heavy atom. The Morgan fingerprint density at radius 1 is 1.06 bits per heavy atom. The first kappa shape index (κ1) is 12.9. The molecule has 0 aromatic rings. The SMILES string of the molecule is CC1CC(C)C(C)N(C2CCC2CNC2CC2)C1. The molecule has 2 saturated carbocycles. The predicted molar refractivity (Wildman–Crippen MR) is 76.6 cm³/mol. The lowest BCUT2D eigenvalue weighted by Crippen LogP contribution is -2.58. The highest BCUT2D eigenvalue weighted by Crippen LogP contribution is 2.38. The van der Waals surface area contributed by atoms with E-state index in [0.29, 0.717) is 0 Å². The third-order valence-corrected chi connectivity index (χ3v) is 5.69. The molecule has 0 amide bonds. The van der Waals surface area contributed by atoms with Crippen LogP contribution in [0.15, 0.2) is 0 Å². The third kappa shape index (κ3) is 2.60. The molecular weight excluding hydrogens is 220 g/mol. The minimum Gasteiger partial charge on any atom is -0.314 e. The van der Waals surface area contributed by atoms with Gasteiger partial charge in [-0.2, -0.15) is 0 Å². The van der Waals surface area contributed by atoms with Gasteiger partial charge < -0.3 is 5.32 Å². The number of piperidine rings is 1. The summed E-state index contributed by atoms with van der Waals surface area (Å²) >= 11 is 0. The molecule has 3 rings (SSSR count). The molecule has 0 aromatic heterocycles. The van der Waals surface area contributed by atoms with Gasteiger partial charge in [0.25, 0.3) is 0 Å². The van der Waals surface area contributed by atoms with E-state index < -0.39 is 0 Å². The highest BCUT2D eigenvalue weighted by Gasteiger charge is 2.41. The van der Waals surface area contributed by atoms with Crippen molar-refractivity contribution in [1.29, 1.82) is 0 Å². The van der Waals surface area contributed by atoms with Gasteiger partial charge in [0.05, 0.1) is 0 Å². The number of nitrogens with zero attached hydrogens (tertiary/aromatic N) is 1. The summed E-state index contributed by atoms with van der Waals surface area (Å²) in [5, 5.41) is 3.74. The fourth-order valence-electron chi connectivity index (χ4n) is 4.03. The van der Waals surface area contributed by atoms with Crippen LogP contribution < -0.4 is 5.32 Å². The summed E-state index contributed by atoms with van der Waals surface area (Å²) in [7, 11) is 0. The van der Waals surface area contributed by atoms with Gasteiger partial charge in [0.1, 0.15) is 0 Å². The predicted octanol–water partition coefficient (Wildman–Crippen LogP) is 2.88. The van der Waals surface area contributed by atoms with Crippen molar-refractivity contribution in [2.24, 2.45) is 17.8 Å². The Bertz CT molecular complexity index is 287. The van der Waals surface area contributed by atoms with Crippen molar-refractivity contribution in [3.63, 3.8) is 0 Å². The smallest absolute Gasteiger partial charge is 0.0139 e. The summed E-state index contributed by atoms with van der Waals surface area (Å²) in [6, 6.07) is 2.56. The second-order valence-corrected chi connectivity index (χ2v) is 7.34. The Kier molecular flexibility index (Phi) is 3.68. The summed E-state index contributed by atoms with van der Waals surface area (Å²) in [6.45, 7) is 9.96. The van der Waals surface area contributed by atoms with Crippen LogP contribution >= 0.6 is 0 Å². The minimum absolute atomic E-state index is 0.801. The second-order valence-electron chi connectivity index (χ2n) is 7.34. The van der Waals surface area contributed by atoms with E-state index in [1.807, 2.05) is 0 Å². The van der Waals surface area contributed by atoms with Gasteiger partial charge in [-0.15, -0.1) is 0 Å². The van der Waals surface area contributed by atoms with Gasteiger partial charge in [-0.25, -0.2) is 0 Å². The molecule has 2 nitrogen and oxygen atoms in total. The maximum absolute atomic E-state index is 3.74. The van der Waals surface area contributed by atoms with Crippen LogP contribution in [-0.2, 0) is 0 Å². The van der Waals surface area contributed by atoms with Crippen LogP contribution in [0.5, 0.6) is 0 Å². The van der Waals surface area contributed by atoms with Gasteiger partial charge in [0, 0.05) is 24.7 Å². The molecule has 1 saturated heterocycles. The number of hydrogen-bond acceptors (Lipinski definition) is 2. The standard InChI is InChI=1S/C16H30N2/c1-11-8-12(2)13(3)18(10-11)16-7-4-14(16)9-17-15-5-6-15/h11-17H,4-10H2,1-3H3. The molecule has 0 aromatic carbocycles. The maximum Gasteiger partial charge on any atom is 0.0139 e. The van der Waals surface area contributed by atoms with E-state index in [0.717, 1.165) is 35.9 Å². The monoisotopic (exact) mass is 250 g/mol. The van der Waals surface area contributed by atoms with Gasteiger partial charge in [0.2, 0.25) is 0 Å². The van der Waals surface area contributed by atoms with Crippen LogP contribution in [0.4, 0.5) is 0 Å². The molecule has 1 aliphatic heterocycles. The van der Waals surface area contributed by atoms with Crippen molar-refractivity contribution >= 4 is 0 Å². The van der Waals surface area contributed by atoms with Crippen LogP contribution in [-0.4, -0.2) is 36.1 Å². The van der Waals surface area contributed by atoms with Crippen LogP contribution in [0, 0.1) is 17.8 Å². The lowest BCUT2D eigenvalue weighted by atomic mass is 9.74. The van der Waals surface area contributed by atoms with Crippen LogP contribution in [0.3, 0.4) is 0 Å². The Morgan fingerprint density at radius 3 is 2.44 bits per heavy atom. The molecule has 0 radical (unpaired) electrons. The van der Waals surface area contributed by atoms with Gasteiger partial charge in [-0.3, -0.25) is 4.90 Å². The fraction of sp³-hybridized carbons (Fsp3) is 1.00. The summed E-state index contributed by atoms with van der Waals surface area (Å²) in [4.78, 5) is 2.85. The average Bonchev–Trinajstić information content (AvgIpc) is 3.08. The lowest BCUT2D eigenvalue weighted by Gasteiger charge is -2.52. The fourth-order valence-corrected chi connectivity index (χ4v) is 4.03. The van der Waals surface area contributed by atoms with Crippen LogP contribution in [0.1, 0.15) is 52.9 Å². The van der Waals surface area contributed by atoms with Crippen LogP contribution in [0.2, 0.25) is 0 Å². The van der Waals surface area contributed by atoms with Crippen molar-refractivity contribution < 1.29 is 0 Å². The molecule has 2 heteroatoms. The van der Waals surface area contributed by atoms with E-state index in [1.54, 1.807) is 0 Å². The normalized spacial score (nSPS) is 45.8. The maximum atomic E-state index is 3.74. The van der Waals surface area contributed by atoms with E-state index in [2.05, 4.69) is 31.0 Å². The van der Waals surface area contributed by atoms with Crippen molar-refractivity contribution in [3.8, 4) is 0 Å². The highest BCUT2D eigenvalue weighted by molar-refractivity contribution is 4.96. The number of nitrogens with one attached hydrogen (secondary N) is 1. The van der Waals surface area contributed by atoms with E-state index in [1.165, 1.54) is 45.2 Å². The van der Waals surface area contributed by atoms with Gasteiger partial charge in [-0.1, -0.05) is 13.8 Å². The molecule has 104 valence electrons. The molecule has 1 N–H and O–H groups in total. The first-order valence-electron chi connectivity index (χ1n) is 8.14. The van der Waals surface area contributed by atoms with Crippen molar-refractivity contribution in [2.75, 3.05) is 13.1 Å². The minimum atomic E-state index is 0.801. The average molecular weight is 250 g/mol. The Balaban J connectivity index is 1.55. The van der Waals surface area contributed by atoms with Gasteiger partial charge in [0.15, 0.2) is 0 Å². The zero-order valence-electron chi connectivity index (χ0n) is 12.4. The molecule has 5 atom stereocenters. The molecule has 1 heterocycles. The molecule has 5 unspecified atom stereocenters. The summed E-state index contributed by atoms with van der Waals surface area (Å²) in [5.41, 5.74) is 0. The Labute approximate surface area is 113 Å². The molecule has 3 fully saturated rings. The topological polar surface area (TPSA) is 15.3 Å². The molecule has 3 aliphatic rings. The van der Waals surface area contributed by atoms with Crippen molar-refractivity contribution in [3.05, 3.63) is 0 Å². The van der Waals surface area contributed by atoms with E-state index in [-0.39, 0.29) is 0 Å². The summed E-state index contributed by atoms with van der Waals surface area (Å²) in [5.74, 6) is 2.71. The molecule has 2 aliphatic carbocycles. The Hall–Kier alpha value is -0.0800. The first-order valence-corrected chi connectivity index (χ1v) is 8.14. The van der Waals surface area contributed by atoms with Crippen LogP contribution in [0.25, 0.3) is 0 Å². The summed E-state index contributed by atoms with van der Waals surface area (Å²) in [6.07, 6.45) is 7.17. The van der Waals surface area contributed by atoms with Crippen molar-refractivity contribution in [1.82, 2.24) is 10.2 Å². The van der Waals surface area contributed by atoms with Crippen molar-refractivity contribution in [2.45, 2.75) is 71.0 Å². The van der Waals surface area contributed by atoms with E-state index in [4.69, 9.17) is 0 Å². The van der Waals surface area contributed by atoms with E-state index in [9.17, 15) is 0 Å². The zero-order valence-corrected chi connectivity index (χ0v) is 12.4. The molecule has 18 heavy (non-hydrogen) atoms. The second kappa shape index (κ2) is 5.13. The van der Waals surface area contributed by atoms with Gasteiger partial charge >= 0.3 is 0 Å². The summed E-state index contributed by atoms with van der Waals surface area (Å²) < 4.78 is 0. The molecular formula is C16H30N2. The zero-order chi connectivity index (χ0) is 12.7.